The van der Waals surface area contributed by atoms with Crippen molar-refractivity contribution in [3.8, 4) is 5.75 Å². The monoisotopic (exact) mass is 418 g/mol. The highest BCUT2D eigenvalue weighted by Gasteiger charge is 2.38. The van der Waals surface area contributed by atoms with Crippen molar-refractivity contribution in [2.45, 2.75) is 12.3 Å². The molecule has 0 saturated carbocycles. The lowest BCUT2D eigenvalue weighted by molar-refractivity contribution is -0.384. The highest BCUT2D eigenvalue weighted by Crippen LogP contribution is 2.50. The molecule has 2 aromatic rings. The highest BCUT2D eigenvalue weighted by molar-refractivity contribution is 7.53. The van der Waals surface area contributed by atoms with Gasteiger partial charge in [0.25, 0.3) is 5.69 Å². The van der Waals surface area contributed by atoms with Crippen LogP contribution in [0.3, 0.4) is 0 Å². The summed E-state index contributed by atoms with van der Waals surface area (Å²) in [4.78, 5) is 20.9. The first-order chi connectivity index (χ1) is 13.0. The fourth-order valence-electron chi connectivity index (χ4n) is 2.04. The third-order valence-electron chi connectivity index (χ3n) is 3.42. The molecule has 150 valence electrons. The second-order valence-electron chi connectivity index (χ2n) is 5.44. The van der Waals surface area contributed by atoms with E-state index in [1.807, 2.05) is 0 Å². The molecule has 8 nitrogen and oxygen atoms in total. The summed E-state index contributed by atoms with van der Waals surface area (Å²) in [6.45, 7) is 0. The number of hydrogen-bond acceptors (Lipinski definition) is 6. The van der Waals surface area contributed by atoms with Gasteiger partial charge in [0.2, 0.25) is 0 Å². The van der Waals surface area contributed by atoms with E-state index in [9.17, 15) is 32.6 Å². The van der Waals surface area contributed by atoms with E-state index in [0.29, 0.717) is 5.56 Å². The number of nitro groups is 1. The summed E-state index contributed by atoms with van der Waals surface area (Å²) in [5, 5.41) is 12.3. The number of rotatable bonds is 7. The minimum absolute atomic E-state index is 0.0878. The molecule has 2 aromatic carbocycles. The lowest BCUT2D eigenvalue weighted by atomic mass is 10.2. The van der Waals surface area contributed by atoms with E-state index in [1.165, 1.54) is 48.5 Å². The van der Waals surface area contributed by atoms with E-state index in [1.54, 1.807) is 5.32 Å². The van der Waals surface area contributed by atoms with Gasteiger partial charge in [-0.3, -0.25) is 14.9 Å². The van der Waals surface area contributed by atoms with Gasteiger partial charge in [0.15, 0.2) is 0 Å². The standard InChI is InChI=1S/C16H14F3N2O6P/c1-26-28(25,27-14-8-6-13(7-9-14)21(23)24)10-11-2-4-12(5-3-11)20-15(22)16(17,18)19/h2-9H,10H2,1H3,(H,20,22). The molecule has 1 atom stereocenters. The fourth-order valence-corrected chi connectivity index (χ4v) is 3.41. The molecular weight excluding hydrogens is 404 g/mol. The number of halogens is 3. The number of nitrogens with zero attached hydrogens (tertiary/aromatic N) is 1. The average molecular weight is 418 g/mol. The molecule has 1 unspecified atom stereocenters. The van der Waals surface area contributed by atoms with E-state index in [-0.39, 0.29) is 23.3 Å². The Morgan fingerprint density at radius 3 is 2.18 bits per heavy atom. The zero-order valence-corrected chi connectivity index (χ0v) is 15.2. The molecule has 0 radical (unpaired) electrons. The van der Waals surface area contributed by atoms with E-state index >= 15 is 0 Å². The van der Waals surface area contributed by atoms with Gasteiger partial charge in [0.1, 0.15) is 5.75 Å². The van der Waals surface area contributed by atoms with E-state index in [2.05, 4.69) is 0 Å². The molecule has 1 N–H and O–H groups in total. The van der Waals surface area contributed by atoms with Crippen molar-refractivity contribution in [1.82, 2.24) is 0 Å². The Kier molecular flexibility index (Phi) is 6.42. The van der Waals surface area contributed by atoms with Crippen molar-refractivity contribution in [2.75, 3.05) is 12.4 Å². The molecule has 0 saturated heterocycles. The number of non-ortho nitro benzene ring substituents is 1. The van der Waals surface area contributed by atoms with Crippen LogP contribution in [-0.2, 0) is 20.0 Å². The maximum absolute atomic E-state index is 12.7. The van der Waals surface area contributed by atoms with Crippen LogP contribution in [0.5, 0.6) is 5.75 Å². The molecular formula is C16H14F3N2O6P. The van der Waals surface area contributed by atoms with Crippen molar-refractivity contribution in [3.63, 3.8) is 0 Å². The first-order valence-corrected chi connectivity index (χ1v) is 9.31. The third-order valence-corrected chi connectivity index (χ3v) is 5.21. The third kappa shape index (κ3) is 5.80. The summed E-state index contributed by atoms with van der Waals surface area (Å²) >= 11 is 0. The summed E-state index contributed by atoms with van der Waals surface area (Å²) in [6, 6.07) is 10.0. The zero-order chi connectivity index (χ0) is 20.9. The molecule has 0 spiro atoms. The number of amides is 1. The first-order valence-electron chi connectivity index (χ1n) is 7.58. The lowest BCUT2D eigenvalue weighted by Crippen LogP contribution is -2.29. The second kappa shape index (κ2) is 8.41. The fraction of sp³-hybridized carbons (Fsp3) is 0.188. The number of carbonyl (C=O) groups is 1. The van der Waals surface area contributed by atoms with Crippen LogP contribution in [0, 0.1) is 10.1 Å². The number of anilines is 1. The van der Waals surface area contributed by atoms with Crippen LogP contribution in [0.2, 0.25) is 0 Å². The largest absolute Gasteiger partial charge is 0.471 e. The Labute approximate surface area is 156 Å². The zero-order valence-electron chi connectivity index (χ0n) is 14.3. The number of nitrogens with one attached hydrogen (secondary N) is 1. The second-order valence-corrected chi connectivity index (χ2v) is 7.53. The number of nitro benzene ring substituents is 1. The number of benzene rings is 2. The average Bonchev–Trinajstić information content (AvgIpc) is 2.63. The number of hydrogen-bond donors (Lipinski definition) is 1. The SMILES string of the molecule is COP(=O)(Cc1ccc(NC(=O)C(F)(F)F)cc1)Oc1ccc([N+](=O)[O-])cc1. The van der Waals surface area contributed by atoms with Crippen molar-refractivity contribution in [1.29, 1.82) is 0 Å². The van der Waals surface area contributed by atoms with Gasteiger partial charge in [-0.1, -0.05) is 12.1 Å². The number of carbonyl (C=O) groups excluding carboxylic acids is 1. The normalized spacial score (nSPS) is 13.4. The van der Waals surface area contributed by atoms with Crippen LogP contribution in [0.1, 0.15) is 5.56 Å². The molecule has 0 aromatic heterocycles. The van der Waals surface area contributed by atoms with Crippen molar-refractivity contribution in [2.24, 2.45) is 0 Å². The van der Waals surface area contributed by atoms with Gasteiger partial charge in [0.05, 0.1) is 11.1 Å². The Hall–Kier alpha value is -2.91. The topological polar surface area (TPSA) is 108 Å². The van der Waals surface area contributed by atoms with Crippen LogP contribution in [-0.4, -0.2) is 24.1 Å². The van der Waals surface area contributed by atoms with Crippen LogP contribution < -0.4 is 9.84 Å². The highest BCUT2D eigenvalue weighted by atomic mass is 31.2. The quantitative estimate of drug-likeness (QED) is 0.403. The molecule has 0 bridgehead atoms. The molecule has 2 rings (SSSR count). The molecule has 0 heterocycles. The summed E-state index contributed by atoms with van der Waals surface area (Å²) in [5.74, 6) is -2.02. The molecule has 12 heteroatoms. The van der Waals surface area contributed by atoms with E-state index in [0.717, 1.165) is 7.11 Å². The molecule has 0 aliphatic rings. The lowest BCUT2D eigenvalue weighted by Gasteiger charge is -2.17. The minimum atomic E-state index is -5.01. The van der Waals surface area contributed by atoms with E-state index < -0.39 is 24.6 Å². The van der Waals surface area contributed by atoms with Gasteiger partial charge in [-0.2, -0.15) is 13.2 Å². The smallest absolute Gasteiger partial charge is 0.424 e. The summed E-state index contributed by atoms with van der Waals surface area (Å²) < 4.78 is 59.7. The van der Waals surface area contributed by atoms with Gasteiger partial charge in [0, 0.05) is 24.9 Å². The van der Waals surface area contributed by atoms with Gasteiger partial charge >= 0.3 is 19.7 Å². The Morgan fingerprint density at radius 1 is 1.14 bits per heavy atom. The Balaban J connectivity index is 2.07. The van der Waals surface area contributed by atoms with Gasteiger partial charge in [-0.15, -0.1) is 0 Å². The van der Waals surface area contributed by atoms with Crippen LogP contribution in [0.25, 0.3) is 0 Å². The van der Waals surface area contributed by atoms with Crippen LogP contribution in [0.15, 0.2) is 48.5 Å². The molecule has 0 aliphatic heterocycles. The van der Waals surface area contributed by atoms with Crippen LogP contribution >= 0.6 is 7.60 Å². The first kappa shape index (κ1) is 21.4. The van der Waals surface area contributed by atoms with Crippen molar-refractivity contribution in [3.05, 3.63) is 64.2 Å². The maximum atomic E-state index is 12.7. The minimum Gasteiger partial charge on any atom is -0.424 e. The van der Waals surface area contributed by atoms with Gasteiger partial charge < -0.3 is 14.4 Å². The maximum Gasteiger partial charge on any atom is 0.471 e. The molecule has 1 amide bonds. The Morgan fingerprint density at radius 2 is 1.71 bits per heavy atom. The molecule has 0 fully saturated rings. The van der Waals surface area contributed by atoms with Crippen molar-refractivity contribution >= 4 is 24.9 Å². The van der Waals surface area contributed by atoms with Crippen molar-refractivity contribution < 1.29 is 36.5 Å². The predicted octanol–water partition coefficient (Wildman–Crippen LogP) is 4.51. The number of alkyl halides is 3. The summed E-state index contributed by atoms with van der Waals surface area (Å²) in [6.07, 6.45) is -5.23. The van der Waals surface area contributed by atoms with Gasteiger partial charge in [-0.05, 0) is 29.8 Å². The Bertz CT molecular complexity index is 900. The summed E-state index contributed by atoms with van der Waals surface area (Å²) in [5.41, 5.74) is 0.155. The summed E-state index contributed by atoms with van der Waals surface area (Å²) in [7, 11) is -2.53. The van der Waals surface area contributed by atoms with Crippen LogP contribution in [0.4, 0.5) is 24.5 Å². The predicted molar refractivity (Wildman–Crippen MR) is 93.2 cm³/mol. The molecule has 0 aliphatic carbocycles. The molecule has 28 heavy (non-hydrogen) atoms. The van der Waals surface area contributed by atoms with Gasteiger partial charge in [-0.25, -0.2) is 4.57 Å². The van der Waals surface area contributed by atoms with E-state index in [4.69, 9.17) is 9.05 Å².